The first-order valence-electron chi connectivity index (χ1n) is 5.03. The van der Waals surface area contributed by atoms with Crippen LogP contribution in [0.1, 0.15) is 26.2 Å². The van der Waals surface area contributed by atoms with Gasteiger partial charge >= 0.3 is 0 Å². The summed E-state index contributed by atoms with van der Waals surface area (Å²) < 4.78 is 0. The molecule has 0 unspecified atom stereocenters. The van der Waals surface area contributed by atoms with Crippen LogP contribution in [0.25, 0.3) is 0 Å². The van der Waals surface area contributed by atoms with Crippen LogP contribution in [0, 0.1) is 5.92 Å². The molecule has 3 heteroatoms. The first kappa shape index (κ1) is 10.5. The number of carbonyl (C=O) groups is 1. The summed E-state index contributed by atoms with van der Waals surface area (Å²) in [5.74, 6) is 1.09. The predicted octanol–water partition coefficient (Wildman–Crippen LogP) is 0.853. The fourth-order valence-corrected chi connectivity index (χ4v) is 1.68. The van der Waals surface area contributed by atoms with Crippen LogP contribution in [0.5, 0.6) is 0 Å². The highest BCUT2D eigenvalue weighted by atomic mass is 16.2. The van der Waals surface area contributed by atoms with Crippen LogP contribution in [0.3, 0.4) is 0 Å². The lowest BCUT2D eigenvalue weighted by Crippen LogP contribution is -2.41. The summed E-state index contributed by atoms with van der Waals surface area (Å²) in [6.07, 6.45) is 3.17. The maximum absolute atomic E-state index is 11.2. The molecule has 3 nitrogen and oxygen atoms in total. The summed E-state index contributed by atoms with van der Waals surface area (Å²) in [6, 6.07) is 0.671. The second-order valence-corrected chi connectivity index (χ2v) is 4.27. The topological polar surface area (TPSA) is 32.3 Å². The minimum Gasteiger partial charge on any atom is -0.349 e. The molecule has 1 rings (SSSR count). The highest BCUT2D eigenvalue weighted by Crippen LogP contribution is 2.25. The number of hydrogen-bond donors (Lipinski definition) is 1. The molecule has 0 heterocycles. The minimum absolute atomic E-state index is 0.208. The second kappa shape index (κ2) is 4.61. The molecule has 1 aliphatic rings. The van der Waals surface area contributed by atoms with Crippen LogP contribution in [0.4, 0.5) is 0 Å². The van der Waals surface area contributed by atoms with Gasteiger partial charge in [0.25, 0.3) is 0 Å². The molecule has 1 aliphatic carbocycles. The van der Waals surface area contributed by atoms with Gasteiger partial charge in [-0.25, -0.2) is 0 Å². The molecule has 1 fully saturated rings. The number of hydrogen-bond acceptors (Lipinski definition) is 2. The van der Waals surface area contributed by atoms with Gasteiger partial charge in [-0.15, -0.1) is 0 Å². The van der Waals surface area contributed by atoms with E-state index in [0.717, 1.165) is 12.5 Å². The molecule has 1 saturated carbocycles. The van der Waals surface area contributed by atoms with E-state index in [-0.39, 0.29) is 5.91 Å². The van der Waals surface area contributed by atoms with E-state index in [1.807, 2.05) is 0 Å². The van der Waals surface area contributed by atoms with E-state index in [1.54, 1.807) is 19.0 Å². The molecule has 0 atom stereocenters. The molecule has 1 N–H and O–H groups in total. The summed E-state index contributed by atoms with van der Waals surface area (Å²) >= 11 is 0. The summed E-state index contributed by atoms with van der Waals surface area (Å²) in [6.45, 7) is 3.09. The lowest BCUT2D eigenvalue weighted by atomic mass is 9.82. The number of rotatable bonds is 4. The van der Waals surface area contributed by atoms with Gasteiger partial charge in [-0.05, 0) is 18.8 Å². The second-order valence-electron chi connectivity index (χ2n) is 4.27. The normalized spacial score (nSPS) is 26.7. The monoisotopic (exact) mass is 184 g/mol. The summed E-state index contributed by atoms with van der Waals surface area (Å²) in [7, 11) is 3.60. The summed E-state index contributed by atoms with van der Waals surface area (Å²) in [4.78, 5) is 12.8. The van der Waals surface area contributed by atoms with Crippen molar-refractivity contribution in [1.82, 2.24) is 10.2 Å². The van der Waals surface area contributed by atoms with Gasteiger partial charge in [-0.2, -0.15) is 0 Å². The van der Waals surface area contributed by atoms with Gasteiger partial charge < -0.3 is 10.2 Å². The Hall–Kier alpha value is -0.570. The SMILES string of the molecule is CC1CC(NCCC(=O)N(C)C)C1. The van der Waals surface area contributed by atoms with E-state index in [2.05, 4.69) is 12.2 Å². The number of carbonyl (C=O) groups excluding carboxylic acids is 1. The maximum Gasteiger partial charge on any atom is 0.223 e. The molecule has 0 radical (unpaired) electrons. The quantitative estimate of drug-likeness (QED) is 0.702. The van der Waals surface area contributed by atoms with Crippen molar-refractivity contribution in [1.29, 1.82) is 0 Å². The lowest BCUT2D eigenvalue weighted by Gasteiger charge is -2.33. The van der Waals surface area contributed by atoms with Crippen molar-refractivity contribution in [2.24, 2.45) is 5.92 Å². The Kier molecular flexibility index (Phi) is 3.72. The van der Waals surface area contributed by atoms with E-state index >= 15 is 0 Å². The van der Waals surface area contributed by atoms with Gasteiger partial charge in [0.15, 0.2) is 0 Å². The zero-order chi connectivity index (χ0) is 9.84. The fourth-order valence-electron chi connectivity index (χ4n) is 1.68. The van der Waals surface area contributed by atoms with Crippen LogP contribution in [0.15, 0.2) is 0 Å². The Balaban J connectivity index is 1.98. The number of nitrogens with one attached hydrogen (secondary N) is 1. The molecule has 0 bridgehead atoms. The third kappa shape index (κ3) is 3.35. The van der Waals surface area contributed by atoms with Crippen molar-refractivity contribution in [3.63, 3.8) is 0 Å². The highest BCUT2D eigenvalue weighted by molar-refractivity contribution is 5.75. The smallest absolute Gasteiger partial charge is 0.223 e. The fraction of sp³-hybridized carbons (Fsp3) is 0.900. The van der Waals surface area contributed by atoms with Crippen molar-refractivity contribution < 1.29 is 4.79 Å². The Morgan fingerprint density at radius 3 is 2.54 bits per heavy atom. The molecule has 0 aliphatic heterocycles. The Morgan fingerprint density at radius 2 is 2.08 bits per heavy atom. The molecule has 0 spiro atoms. The van der Waals surface area contributed by atoms with Crippen molar-refractivity contribution in [3.05, 3.63) is 0 Å². The van der Waals surface area contributed by atoms with Crippen molar-refractivity contribution in [3.8, 4) is 0 Å². The van der Waals surface area contributed by atoms with E-state index in [0.29, 0.717) is 12.5 Å². The third-order valence-electron chi connectivity index (χ3n) is 2.64. The molecule has 0 aromatic carbocycles. The first-order chi connectivity index (χ1) is 6.09. The van der Waals surface area contributed by atoms with E-state index < -0.39 is 0 Å². The lowest BCUT2D eigenvalue weighted by molar-refractivity contribution is -0.128. The van der Waals surface area contributed by atoms with Gasteiger partial charge in [-0.1, -0.05) is 6.92 Å². The third-order valence-corrected chi connectivity index (χ3v) is 2.64. The molecule has 0 aromatic heterocycles. The van der Waals surface area contributed by atoms with Crippen molar-refractivity contribution in [2.75, 3.05) is 20.6 Å². The standard InChI is InChI=1S/C10H20N2O/c1-8-6-9(7-8)11-5-4-10(13)12(2)3/h8-9,11H,4-7H2,1-3H3. The van der Waals surface area contributed by atoms with Gasteiger partial charge in [-0.3, -0.25) is 4.79 Å². The average Bonchev–Trinajstić information content (AvgIpc) is 2.00. The van der Waals surface area contributed by atoms with Gasteiger partial charge in [0, 0.05) is 33.1 Å². The molecule has 0 saturated heterocycles. The van der Waals surface area contributed by atoms with Crippen LogP contribution in [-0.4, -0.2) is 37.5 Å². The van der Waals surface area contributed by atoms with Crippen molar-refractivity contribution >= 4 is 5.91 Å². The van der Waals surface area contributed by atoms with Crippen LogP contribution < -0.4 is 5.32 Å². The highest BCUT2D eigenvalue weighted by Gasteiger charge is 2.24. The zero-order valence-corrected chi connectivity index (χ0v) is 8.84. The molecule has 1 amide bonds. The minimum atomic E-state index is 0.208. The van der Waals surface area contributed by atoms with Crippen LogP contribution >= 0.6 is 0 Å². The molecule has 13 heavy (non-hydrogen) atoms. The average molecular weight is 184 g/mol. The number of nitrogens with zero attached hydrogens (tertiary/aromatic N) is 1. The van der Waals surface area contributed by atoms with E-state index in [1.165, 1.54) is 12.8 Å². The van der Waals surface area contributed by atoms with Gasteiger partial charge in [0.1, 0.15) is 0 Å². The zero-order valence-electron chi connectivity index (χ0n) is 8.84. The molecular formula is C10H20N2O. The Morgan fingerprint density at radius 1 is 1.46 bits per heavy atom. The Bertz CT molecular complexity index is 174. The summed E-state index contributed by atoms with van der Waals surface area (Å²) in [5.41, 5.74) is 0. The van der Waals surface area contributed by atoms with E-state index in [9.17, 15) is 4.79 Å². The first-order valence-corrected chi connectivity index (χ1v) is 5.03. The largest absolute Gasteiger partial charge is 0.349 e. The van der Waals surface area contributed by atoms with Gasteiger partial charge in [0.05, 0.1) is 0 Å². The van der Waals surface area contributed by atoms with Crippen molar-refractivity contribution in [2.45, 2.75) is 32.2 Å². The van der Waals surface area contributed by atoms with Crippen LogP contribution in [0.2, 0.25) is 0 Å². The molecule has 76 valence electrons. The Labute approximate surface area is 80.5 Å². The summed E-state index contributed by atoms with van der Waals surface area (Å²) in [5, 5.41) is 3.39. The van der Waals surface area contributed by atoms with Gasteiger partial charge in [0.2, 0.25) is 5.91 Å². The number of amides is 1. The van der Waals surface area contributed by atoms with Crippen LogP contribution in [-0.2, 0) is 4.79 Å². The molecular weight excluding hydrogens is 164 g/mol. The molecule has 0 aromatic rings. The van der Waals surface area contributed by atoms with E-state index in [4.69, 9.17) is 0 Å². The predicted molar refractivity (Wildman–Crippen MR) is 53.5 cm³/mol. The maximum atomic E-state index is 11.2.